The van der Waals surface area contributed by atoms with Crippen LogP contribution in [0.2, 0.25) is 0 Å². The molecule has 1 aliphatic rings. The Hall–Kier alpha value is -0.740. The van der Waals surface area contributed by atoms with Crippen LogP contribution in [0.25, 0.3) is 0 Å². The molecule has 1 aromatic rings. The van der Waals surface area contributed by atoms with Gasteiger partial charge in [0.25, 0.3) is 0 Å². The van der Waals surface area contributed by atoms with Gasteiger partial charge in [-0.25, -0.2) is 4.39 Å². The number of benzene rings is 1. The normalized spacial score (nSPS) is 20.9. The molecule has 4 heteroatoms. The first-order chi connectivity index (χ1) is 7.75. The van der Waals surface area contributed by atoms with E-state index in [4.69, 9.17) is 5.73 Å². The third-order valence-electron chi connectivity index (χ3n) is 2.83. The van der Waals surface area contributed by atoms with E-state index in [0.717, 1.165) is 17.2 Å². The molecule has 0 radical (unpaired) electrons. The Labute approximate surface area is 99.8 Å². The van der Waals surface area contributed by atoms with Crippen molar-refractivity contribution in [2.75, 3.05) is 18.0 Å². The minimum atomic E-state index is -0.215. The number of thioether (sulfide) groups is 1. The van der Waals surface area contributed by atoms with E-state index in [9.17, 15) is 4.39 Å². The Balaban J connectivity index is 1.90. The number of piperidine rings is 1. The van der Waals surface area contributed by atoms with Crippen LogP contribution in [0.1, 0.15) is 19.3 Å². The van der Waals surface area contributed by atoms with Gasteiger partial charge in [0, 0.05) is 22.4 Å². The van der Waals surface area contributed by atoms with Crippen LogP contribution in [0, 0.1) is 5.82 Å². The fourth-order valence-corrected chi connectivity index (χ4v) is 2.99. The highest BCUT2D eigenvalue weighted by Gasteiger charge is 2.13. The van der Waals surface area contributed by atoms with Crippen molar-refractivity contribution in [3.05, 3.63) is 24.0 Å². The molecule has 0 amide bonds. The molecule has 1 unspecified atom stereocenters. The van der Waals surface area contributed by atoms with E-state index in [0.29, 0.717) is 11.7 Å². The van der Waals surface area contributed by atoms with Crippen LogP contribution in [-0.4, -0.2) is 18.3 Å². The van der Waals surface area contributed by atoms with Gasteiger partial charge in [0.15, 0.2) is 0 Å². The topological polar surface area (TPSA) is 38.0 Å². The summed E-state index contributed by atoms with van der Waals surface area (Å²) in [5.41, 5.74) is 6.47. The predicted molar refractivity (Wildman–Crippen MR) is 67.2 cm³/mol. The summed E-state index contributed by atoms with van der Waals surface area (Å²) in [5, 5.41) is 3.47. The molecule has 16 heavy (non-hydrogen) atoms. The molecule has 1 saturated heterocycles. The Bertz CT molecular complexity index is 351. The van der Waals surface area contributed by atoms with Crippen LogP contribution >= 0.6 is 11.8 Å². The number of rotatable bonds is 3. The summed E-state index contributed by atoms with van der Waals surface area (Å²) in [6.07, 6.45) is 3.77. The monoisotopic (exact) mass is 240 g/mol. The van der Waals surface area contributed by atoms with E-state index < -0.39 is 0 Å². The van der Waals surface area contributed by atoms with Gasteiger partial charge in [-0.05, 0) is 37.6 Å². The quantitative estimate of drug-likeness (QED) is 0.630. The summed E-state index contributed by atoms with van der Waals surface area (Å²) < 4.78 is 13.0. The van der Waals surface area contributed by atoms with E-state index in [1.165, 1.54) is 31.4 Å². The molecular formula is C12H17FN2S. The number of nitrogens with two attached hydrogens (primary N) is 1. The maximum Gasteiger partial charge on any atom is 0.124 e. The van der Waals surface area contributed by atoms with Gasteiger partial charge >= 0.3 is 0 Å². The summed E-state index contributed by atoms with van der Waals surface area (Å²) in [7, 11) is 0. The van der Waals surface area contributed by atoms with Crippen LogP contribution < -0.4 is 11.1 Å². The highest BCUT2D eigenvalue weighted by molar-refractivity contribution is 7.99. The standard InChI is InChI=1S/C12H17FN2S/c13-9-4-5-11(14)12(7-9)16-8-10-3-1-2-6-15-10/h4-5,7,10,15H,1-3,6,8,14H2. The van der Waals surface area contributed by atoms with Gasteiger partial charge in [0.1, 0.15) is 5.82 Å². The second-order valence-electron chi connectivity index (χ2n) is 4.14. The van der Waals surface area contributed by atoms with E-state index in [1.54, 1.807) is 17.8 Å². The Morgan fingerprint density at radius 1 is 1.44 bits per heavy atom. The lowest BCUT2D eigenvalue weighted by atomic mass is 10.1. The molecule has 0 bridgehead atoms. The average Bonchev–Trinajstić information content (AvgIpc) is 2.32. The lowest BCUT2D eigenvalue weighted by Crippen LogP contribution is -2.35. The van der Waals surface area contributed by atoms with E-state index in [2.05, 4.69) is 5.32 Å². The third kappa shape index (κ3) is 3.12. The van der Waals surface area contributed by atoms with Crippen molar-refractivity contribution in [3.63, 3.8) is 0 Å². The molecule has 0 aromatic heterocycles. The van der Waals surface area contributed by atoms with Gasteiger partial charge in [-0.2, -0.15) is 0 Å². The average molecular weight is 240 g/mol. The molecular weight excluding hydrogens is 223 g/mol. The minimum Gasteiger partial charge on any atom is -0.398 e. The lowest BCUT2D eigenvalue weighted by Gasteiger charge is -2.23. The van der Waals surface area contributed by atoms with Crippen LogP contribution in [0.15, 0.2) is 23.1 Å². The molecule has 3 N–H and O–H groups in total. The number of halogens is 1. The highest BCUT2D eigenvalue weighted by atomic mass is 32.2. The molecule has 1 atom stereocenters. The molecule has 2 nitrogen and oxygen atoms in total. The van der Waals surface area contributed by atoms with Crippen LogP contribution in [0.3, 0.4) is 0 Å². The van der Waals surface area contributed by atoms with Gasteiger partial charge in [-0.3, -0.25) is 0 Å². The molecule has 0 spiro atoms. The van der Waals surface area contributed by atoms with Crippen LogP contribution in [-0.2, 0) is 0 Å². The molecule has 0 saturated carbocycles. The SMILES string of the molecule is Nc1ccc(F)cc1SCC1CCCCN1. The van der Waals surface area contributed by atoms with Crippen molar-refractivity contribution >= 4 is 17.4 Å². The van der Waals surface area contributed by atoms with Crippen molar-refractivity contribution in [2.24, 2.45) is 0 Å². The first-order valence-electron chi connectivity index (χ1n) is 5.67. The van der Waals surface area contributed by atoms with Crippen molar-refractivity contribution in [1.82, 2.24) is 5.32 Å². The highest BCUT2D eigenvalue weighted by Crippen LogP contribution is 2.27. The summed E-state index contributed by atoms with van der Waals surface area (Å²) in [4.78, 5) is 0.854. The number of nitrogens with one attached hydrogen (secondary N) is 1. The van der Waals surface area contributed by atoms with Gasteiger partial charge in [-0.15, -0.1) is 11.8 Å². The molecule has 1 fully saturated rings. The zero-order chi connectivity index (χ0) is 11.4. The van der Waals surface area contributed by atoms with Gasteiger partial charge in [0.2, 0.25) is 0 Å². The number of hydrogen-bond acceptors (Lipinski definition) is 3. The molecule has 0 aliphatic carbocycles. The first kappa shape index (κ1) is 11.7. The molecule has 88 valence electrons. The Kier molecular flexibility index (Phi) is 4.07. The van der Waals surface area contributed by atoms with E-state index >= 15 is 0 Å². The fourth-order valence-electron chi connectivity index (χ4n) is 1.89. The summed E-state index contributed by atoms with van der Waals surface area (Å²) in [6.45, 7) is 1.10. The van der Waals surface area contributed by atoms with E-state index in [1.807, 2.05) is 0 Å². The summed E-state index contributed by atoms with van der Waals surface area (Å²) in [6, 6.07) is 5.09. The molecule has 1 aliphatic heterocycles. The Morgan fingerprint density at radius 3 is 3.06 bits per heavy atom. The van der Waals surface area contributed by atoms with Gasteiger partial charge < -0.3 is 11.1 Å². The second kappa shape index (κ2) is 5.55. The smallest absolute Gasteiger partial charge is 0.124 e. The number of nitrogen functional groups attached to an aromatic ring is 1. The second-order valence-corrected chi connectivity index (χ2v) is 5.20. The summed E-state index contributed by atoms with van der Waals surface area (Å²) in [5.74, 6) is 0.751. The molecule has 2 rings (SSSR count). The first-order valence-corrected chi connectivity index (χ1v) is 6.65. The number of hydrogen-bond donors (Lipinski definition) is 2. The zero-order valence-corrected chi connectivity index (χ0v) is 10.0. The van der Waals surface area contributed by atoms with Gasteiger partial charge in [-0.1, -0.05) is 6.42 Å². The Morgan fingerprint density at radius 2 is 2.31 bits per heavy atom. The van der Waals surface area contributed by atoms with Crippen LogP contribution in [0.5, 0.6) is 0 Å². The third-order valence-corrected chi connectivity index (χ3v) is 4.06. The lowest BCUT2D eigenvalue weighted by molar-refractivity contribution is 0.430. The van der Waals surface area contributed by atoms with Crippen LogP contribution in [0.4, 0.5) is 10.1 Å². The molecule has 1 heterocycles. The minimum absolute atomic E-state index is 0.215. The zero-order valence-electron chi connectivity index (χ0n) is 9.21. The van der Waals surface area contributed by atoms with Crippen molar-refractivity contribution in [3.8, 4) is 0 Å². The maximum absolute atomic E-state index is 13.0. The fraction of sp³-hybridized carbons (Fsp3) is 0.500. The molecule has 1 aromatic carbocycles. The number of anilines is 1. The summed E-state index contributed by atoms with van der Waals surface area (Å²) >= 11 is 1.64. The van der Waals surface area contributed by atoms with Gasteiger partial charge in [0.05, 0.1) is 0 Å². The van der Waals surface area contributed by atoms with E-state index in [-0.39, 0.29) is 5.82 Å². The maximum atomic E-state index is 13.0. The predicted octanol–water partition coefficient (Wildman–Crippen LogP) is 2.64. The van der Waals surface area contributed by atoms with Crippen molar-refractivity contribution < 1.29 is 4.39 Å². The van der Waals surface area contributed by atoms with Crippen molar-refractivity contribution in [1.29, 1.82) is 0 Å². The van der Waals surface area contributed by atoms with Crippen molar-refractivity contribution in [2.45, 2.75) is 30.2 Å². The largest absolute Gasteiger partial charge is 0.398 e.